The van der Waals surface area contributed by atoms with Crippen molar-refractivity contribution in [2.45, 2.75) is 0 Å². The largest absolute Gasteiger partial charge is 0.497 e. The van der Waals surface area contributed by atoms with Gasteiger partial charge < -0.3 is 33.9 Å². The van der Waals surface area contributed by atoms with Crippen LogP contribution in [0.5, 0.6) is 23.0 Å². The van der Waals surface area contributed by atoms with Gasteiger partial charge in [-0.1, -0.05) is 36.4 Å². The highest BCUT2D eigenvalue weighted by molar-refractivity contribution is 6.13. The summed E-state index contributed by atoms with van der Waals surface area (Å²) in [6.45, 7) is 0. The van der Waals surface area contributed by atoms with Crippen LogP contribution in [0.4, 0.5) is 0 Å². The zero-order valence-corrected chi connectivity index (χ0v) is 31.7. The van der Waals surface area contributed by atoms with Crippen LogP contribution in [-0.2, 0) is 0 Å². The molecule has 3 aliphatic rings. The average Bonchev–Trinajstić information content (AvgIpc) is 4.10. The summed E-state index contributed by atoms with van der Waals surface area (Å²) in [5.74, 6) is 3.09. The van der Waals surface area contributed by atoms with E-state index in [1.807, 2.05) is 48.5 Å². The van der Waals surface area contributed by atoms with E-state index in [0.29, 0.717) is 0 Å². The molecule has 0 spiro atoms. The Balaban J connectivity index is 1.41. The Morgan fingerprint density at radius 2 is 0.860 bits per heavy atom. The monoisotopic (exact) mass is 747 g/mol. The first-order valence-corrected chi connectivity index (χ1v) is 18.6. The van der Waals surface area contributed by atoms with Gasteiger partial charge in [0.25, 0.3) is 0 Å². The second-order valence-corrected chi connectivity index (χ2v) is 13.9. The summed E-state index contributed by atoms with van der Waals surface area (Å²) in [6, 6.07) is 41.1. The highest BCUT2D eigenvalue weighted by atomic mass is 16.5. The highest BCUT2D eigenvalue weighted by Crippen LogP contribution is 2.41. The second-order valence-electron chi connectivity index (χ2n) is 13.9. The maximum Gasteiger partial charge on any atom is 0.120 e. The first-order chi connectivity index (χ1) is 28.0. The standard InChI is InChI=1S/C48H37N5O4/c1-54-30-11-5-27(6-12-30)44-35-19-20-36(49-35)45(28-7-13-31(55-2)14-8-28)38-23-24-40(51-38)47-34-18-17-33(57-4)25-41(34)52-43-26-42(53-48(43)47)46(39-22-21-37(44)50-39)29-9-15-32(56-3)16-10-29/h5-26,50-52H,1-4H3. The number of aromatic amines is 3. The first-order valence-electron chi connectivity index (χ1n) is 18.6. The van der Waals surface area contributed by atoms with Gasteiger partial charge in [-0.25, -0.2) is 9.97 Å². The van der Waals surface area contributed by atoms with Gasteiger partial charge in [-0.2, -0.15) is 0 Å². The number of H-pyrrole nitrogens is 3. The van der Waals surface area contributed by atoms with Gasteiger partial charge in [0.15, 0.2) is 0 Å². The molecule has 0 radical (unpaired) electrons. The van der Waals surface area contributed by atoms with Crippen molar-refractivity contribution in [3.8, 4) is 67.8 Å². The predicted molar refractivity (Wildman–Crippen MR) is 230 cm³/mol. The fourth-order valence-electron chi connectivity index (χ4n) is 7.96. The molecule has 4 aromatic carbocycles. The number of benzene rings is 4. The molecular weight excluding hydrogens is 711 g/mol. The van der Waals surface area contributed by atoms with Crippen molar-refractivity contribution in [2.75, 3.05) is 28.4 Å². The molecule has 0 unspecified atom stereocenters. The van der Waals surface area contributed by atoms with Crippen molar-refractivity contribution < 1.29 is 18.9 Å². The normalized spacial score (nSPS) is 11.8. The van der Waals surface area contributed by atoms with Gasteiger partial charge in [0.05, 0.1) is 62.2 Å². The fraction of sp³-hybridized carbons (Fsp3) is 0.0833. The number of methoxy groups -OCH3 is 4. The number of rotatable bonds is 7. The summed E-state index contributed by atoms with van der Waals surface area (Å²) < 4.78 is 22.3. The number of pyridine rings is 1. The van der Waals surface area contributed by atoms with E-state index >= 15 is 0 Å². The van der Waals surface area contributed by atoms with Crippen molar-refractivity contribution in [2.24, 2.45) is 0 Å². The van der Waals surface area contributed by atoms with Crippen LogP contribution in [0.3, 0.4) is 0 Å². The van der Waals surface area contributed by atoms with Crippen molar-refractivity contribution >= 4 is 56.0 Å². The minimum absolute atomic E-state index is 0.760. The molecule has 57 heavy (non-hydrogen) atoms. The SMILES string of the molecule is COc1ccc(-c2c3nc(c(-c4ccc(OC)cc4)c4ccc([nH]4)c4c5nc(cc-5[nH]c5cc(OC)ccc54)c(-c4ccc(OC)cc4)c4ccc2[nH]4)C=C3)cc1. The van der Waals surface area contributed by atoms with Crippen molar-refractivity contribution in [1.29, 1.82) is 0 Å². The van der Waals surface area contributed by atoms with E-state index in [0.717, 1.165) is 123 Å². The van der Waals surface area contributed by atoms with E-state index in [1.54, 1.807) is 28.4 Å². The van der Waals surface area contributed by atoms with E-state index in [4.69, 9.17) is 28.9 Å². The Morgan fingerprint density at radius 1 is 0.404 bits per heavy atom. The second kappa shape index (κ2) is 13.6. The number of aromatic nitrogens is 5. The van der Waals surface area contributed by atoms with E-state index in [2.05, 4.69) is 99.9 Å². The lowest BCUT2D eigenvalue weighted by Gasteiger charge is -2.09. The zero-order chi connectivity index (χ0) is 38.6. The number of nitrogens with one attached hydrogen (secondary N) is 3. The molecule has 0 fully saturated rings. The first kappa shape index (κ1) is 34.0. The molecule has 3 N–H and O–H groups in total. The Morgan fingerprint density at radius 3 is 1.39 bits per heavy atom. The summed E-state index contributed by atoms with van der Waals surface area (Å²) in [7, 11) is 6.72. The third-order valence-electron chi connectivity index (χ3n) is 10.8. The maximum absolute atomic E-state index is 5.67. The Hall–Kier alpha value is -7.52. The van der Waals surface area contributed by atoms with E-state index in [9.17, 15) is 0 Å². The lowest BCUT2D eigenvalue weighted by molar-refractivity contribution is 0.415. The van der Waals surface area contributed by atoms with Gasteiger partial charge in [-0.3, -0.25) is 0 Å². The van der Waals surface area contributed by atoms with Crippen LogP contribution in [-0.4, -0.2) is 53.4 Å². The Kier molecular flexibility index (Phi) is 8.14. The molecule has 9 heteroatoms. The predicted octanol–water partition coefficient (Wildman–Crippen LogP) is 11.4. The Labute approximate surface area is 327 Å². The summed E-state index contributed by atoms with van der Waals surface area (Å²) in [4.78, 5) is 22.2. The summed E-state index contributed by atoms with van der Waals surface area (Å²) in [5.41, 5.74) is 14.6. The molecule has 9 nitrogen and oxygen atoms in total. The van der Waals surface area contributed by atoms with E-state index in [-0.39, 0.29) is 0 Å². The summed E-state index contributed by atoms with van der Waals surface area (Å²) in [5, 5.41) is 1.99. The van der Waals surface area contributed by atoms with Gasteiger partial charge >= 0.3 is 0 Å². The average molecular weight is 748 g/mol. The molecule has 0 atom stereocenters. The van der Waals surface area contributed by atoms with Crippen molar-refractivity contribution in [3.63, 3.8) is 0 Å². The molecule has 7 aromatic rings. The zero-order valence-electron chi connectivity index (χ0n) is 31.7. The van der Waals surface area contributed by atoms with Gasteiger partial charge in [0.1, 0.15) is 23.0 Å². The lowest BCUT2D eigenvalue weighted by Crippen LogP contribution is -1.91. The van der Waals surface area contributed by atoms with Gasteiger partial charge in [-0.05, 0) is 108 Å². The van der Waals surface area contributed by atoms with E-state index < -0.39 is 0 Å². The number of hydrogen-bond donors (Lipinski definition) is 3. The molecule has 6 heterocycles. The molecule has 10 rings (SSSR count). The molecular formula is C48H37N5O4. The minimum atomic E-state index is 0.760. The van der Waals surface area contributed by atoms with Gasteiger partial charge in [0.2, 0.25) is 0 Å². The molecule has 3 aromatic heterocycles. The quantitative estimate of drug-likeness (QED) is 0.150. The number of ether oxygens (including phenoxy) is 4. The van der Waals surface area contributed by atoms with Crippen LogP contribution in [0.2, 0.25) is 0 Å². The molecule has 3 aliphatic heterocycles. The number of hydrogen-bond acceptors (Lipinski definition) is 6. The van der Waals surface area contributed by atoms with Crippen LogP contribution < -0.4 is 18.9 Å². The van der Waals surface area contributed by atoms with Crippen molar-refractivity contribution in [3.05, 3.63) is 133 Å². The highest BCUT2D eigenvalue weighted by Gasteiger charge is 2.21. The molecule has 8 bridgehead atoms. The molecule has 0 saturated heterocycles. The van der Waals surface area contributed by atoms with Crippen LogP contribution >= 0.6 is 0 Å². The molecule has 0 aliphatic carbocycles. The minimum Gasteiger partial charge on any atom is -0.497 e. The topological polar surface area (TPSA) is 110 Å². The molecule has 0 amide bonds. The van der Waals surface area contributed by atoms with Crippen LogP contribution in [0.15, 0.2) is 121 Å². The Bertz CT molecular complexity index is 3100. The van der Waals surface area contributed by atoms with E-state index in [1.165, 1.54) is 0 Å². The fourth-order valence-corrected chi connectivity index (χ4v) is 7.96. The van der Waals surface area contributed by atoms with Gasteiger partial charge in [0, 0.05) is 55.6 Å². The van der Waals surface area contributed by atoms with Gasteiger partial charge in [-0.15, -0.1) is 0 Å². The maximum atomic E-state index is 5.67. The smallest absolute Gasteiger partial charge is 0.120 e. The molecule has 0 saturated carbocycles. The van der Waals surface area contributed by atoms with Crippen LogP contribution in [0.1, 0.15) is 11.4 Å². The third-order valence-corrected chi connectivity index (χ3v) is 10.8. The third kappa shape index (κ3) is 5.79. The van der Waals surface area contributed by atoms with Crippen LogP contribution in [0.25, 0.3) is 101 Å². The molecule has 278 valence electrons. The van der Waals surface area contributed by atoms with Crippen LogP contribution in [0, 0.1) is 0 Å². The summed E-state index contributed by atoms with van der Waals surface area (Å²) >= 11 is 0. The number of nitrogens with zero attached hydrogens (tertiary/aromatic N) is 2. The lowest BCUT2D eigenvalue weighted by atomic mass is 10.0. The summed E-state index contributed by atoms with van der Waals surface area (Å²) in [6.07, 6.45) is 4.19. The number of fused-ring (bicyclic) bond motifs is 10. The van der Waals surface area contributed by atoms with Crippen molar-refractivity contribution in [1.82, 2.24) is 24.9 Å².